The molecule has 3 rings (SSSR count). The van der Waals surface area contributed by atoms with E-state index in [1.807, 2.05) is 0 Å². The van der Waals surface area contributed by atoms with Crippen LogP contribution >= 0.6 is 0 Å². The molecule has 3 aromatic carbocycles. The average molecular weight is 341 g/mol. The molecule has 0 N–H and O–H groups in total. The molecule has 0 heterocycles. The van der Waals surface area contributed by atoms with Crippen LogP contribution in [0.1, 0.15) is 0 Å². The molecule has 0 unspecified atom stereocenters. The summed E-state index contributed by atoms with van der Waals surface area (Å²) in [7, 11) is 0. The minimum Gasteiger partial charge on any atom is -0.0616 e. The van der Waals surface area contributed by atoms with E-state index < -0.39 is 0 Å². The van der Waals surface area contributed by atoms with Crippen LogP contribution in [-0.2, 0) is 0 Å². The molecule has 3 aromatic rings. The maximum Gasteiger partial charge on any atom is 0 e. The molecule has 0 saturated carbocycles. The molecule has 15 heavy (non-hydrogen) atoms. The van der Waals surface area contributed by atoms with Gasteiger partial charge in [-0.05, 0) is 33.7 Å². The molecule has 0 nitrogen and oxygen atoms in total. The first kappa shape index (κ1) is 11.0. The second kappa shape index (κ2) is 4.53. The molecule has 0 fully saturated rings. The molecule has 0 atom stereocenters. The quantitative estimate of drug-likeness (QED) is 0.543. The van der Waals surface area contributed by atoms with Gasteiger partial charge in [-0.25, -0.2) is 0 Å². The summed E-state index contributed by atoms with van der Waals surface area (Å²) in [5.74, 6) is 0. The molecular formula is C14H10Dy. The zero-order chi connectivity index (χ0) is 9.38. The second-order valence-electron chi connectivity index (χ2n) is 3.55. The minimum absolute atomic E-state index is 0. The van der Waals surface area contributed by atoms with Gasteiger partial charge in [-0.2, -0.15) is 0 Å². The fourth-order valence-electron chi connectivity index (χ4n) is 1.88. The molecule has 0 saturated heterocycles. The predicted octanol–water partition coefficient (Wildman–Crippen LogP) is 3.99. The Balaban J connectivity index is 0.000000853. The molecule has 0 aliphatic carbocycles. The Morgan fingerprint density at radius 3 is 1.00 bits per heavy atom. The summed E-state index contributed by atoms with van der Waals surface area (Å²) in [5, 5.41) is 5.25. The van der Waals surface area contributed by atoms with E-state index in [1.165, 1.54) is 21.5 Å². The summed E-state index contributed by atoms with van der Waals surface area (Å²) < 4.78 is 0. The van der Waals surface area contributed by atoms with E-state index in [1.54, 1.807) is 0 Å². The fraction of sp³-hybridized carbons (Fsp3) is 0. The molecule has 0 aliphatic rings. The molecule has 0 bridgehead atoms. The minimum atomic E-state index is 0. The summed E-state index contributed by atoms with van der Waals surface area (Å²) in [5.41, 5.74) is 0. The van der Waals surface area contributed by atoms with Gasteiger partial charge in [0.05, 0.1) is 0 Å². The van der Waals surface area contributed by atoms with E-state index in [-0.39, 0.29) is 38.2 Å². The average Bonchev–Trinajstić information content (AvgIpc) is 2.26. The first-order chi connectivity index (χ1) is 6.93. The van der Waals surface area contributed by atoms with Crippen molar-refractivity contribution in [2.45, 2.75) is 0 Å². The van der Waals surface area contributed by atoms with E-state index in [2.05, 4.69) is 60.7 Å². The molecule has 0 radical (unpaired) electrons. The monoisotopic (exact) mass is 342 g/mol. The van der Waals surface area contributed by atoms with Crippen LogP contribution in [0.4, 0.5) is 0 Å². The number of hydrogen-bond acceptors (Lipinski definition) is 0. The van der Waals surface area contributed by atoms with Gasteiger partial charge in [0.25, 0.3) is 0 Å². The van der Waals surface area contributed by atoms with Crippen molar-refractivity contribution >= 4 is 21.5 Å². The Hall–Kier alpha value is -0.547. The van der Waals surface area contributed by atoms with Gasteiger partial charge in [0.2, 0.25) is 0 Å². The van der Waals surface area contributed by atoms with Crippen LogP contribution in [0.5, 0.6) is 0 Å². The molecule has 0 aliphatic heterocycles. The Morgan fingerprint density at radius 2 is 0.733 bits per heavy atom. The summed E-state index contributed by atoms with van der Waals surface area (Å²) in [6, 6.07) is 21.4. The maximum atomic E-state index is 2.24. The van der Waals surface area contributed by atoms with Crippen LogP contribution in [0.15, 0.2) is 60.7 Å². The third-order valence-corrected chi connectivity index (χ3v) is 2.61. The summed E-state index contributed by atoms with van der Waals surface area (Å²) >= 11 is 0. The second-order valence-corrected chi connectivity index (χ2v) is 3.55. The van der Waals surface area contributed by atoms with Crippen molar-refractivity contribution in [2.24, 2.45) is 0 Å². The van der Waals surface area contributed by atoms with Crippen molar-refractivity contribution in [1.29, 1.82) is 0 Å². The van der Waals surface area contributed by atoms with Crippen LogP contribution in [0.25, 0.3) is 21.5 Å². The Kier molecular flexibility index (Phi) is 3.31. The van der Waals surface area contributed by atoms with Gasteiger partial charge in [-0.3, -0.25) is 0 Å². The topological polar surface area (TPSA) is 0 Å². The smallest absolute Gasteiger partial charge is 0 e. The summed E-state index contributed by atoms with van der Waals surface area (Å²) in [6.07, 6.45) is 0. The van der Waals surface area contributed by atoms with E-state index >= 15 is 0 Å². The first-order valence-corrected chi connectivity index (χ1v) is 4.81. The van der Waals surface area contributed by atoms with Gasteiger partial charge >= 0.3 is 0 Å². The van der Waals surface area contributed by atoms with E-state index in [9.17, 15) is 0 Å². The third-order valence-electron chi connectivity index (χ3n) is 2.61. The van der Waals surface area contributed by atoms with E-state index in [4.69, 9.17) is 0 Å². The predicted molar refractivity (Wildman–Crippen MR) is 61.5 cm³/mol. The molecule has 76 valence electrons. The normalized spacial score (nSPS) is 10.1. The Morgan fingerprint density at radius 1 is 0.467 bits per heavy atom. The van der Waals surface area contributed by atoms with Crippen molar-refractivity contribution in [3.05, 3.63) is 60.7 Å². The van der Waals surface area contributed by atoms with E-state index in [0.29, 0.717) is 0 Å². The maximum absolute atomic E-state index is 2.24. The molecule has 1 heteroatoms. The van der Waals surface area contributed by atoms with Crippen LogP contribution in [0.3, 0.4) is 0 Å². The molecule has 0 amide bonds. The van der Waals surface area contributed by atoms with E-state index in [0.717, 1.165) is 0 Å². The third kappa shape index (κ3) is 2.03. The summed E-state index contributed by atoms with van der Waals surface area (Å²) in [6.45, 7) is 0. The van der Waals surface area contributed by atoms with Crippen LogP contribution in [0, 0.1) is 38.2 Å². The van der Waals surface area contributed by atoms with Crippen LogP contribution in [0.2, 0.25) is 0 Å². The van der Waals surface area contributed by atoms with Crippen molar-refractivity contribution in [3.63, 3.8) is 0 Å². The van der Waals surface area contributed by atoms with Crippen LogP contribution in [-0.4, -0.2) is 0 Å². The largest absolute Gasteiger partial charge is 0.0616 e. The van der Waals surface area contributed by atoms with Crippen molar-refractivity contribution in [2.75, 3.05) is 0 Å². The Bertz CT molecular complexity index is 494. The van der Waals surface area contributed by atoms with Crippen LogP contribution < -0.4 is 0 Å². The SMILES string of the molecule is [Dy].c1ccc2cc3ccccc3cc2c1. The molecule has 0 aromatic heterocycles. The van der Waals surface area contributed by atoms with Gasteiger partial charge in [-0.1, -0.05) is 48.5 Å². The molecular weight excluding hydrogens is 331 g/mol. The number of hydrogen-bond donors (Lipinski definition) is 0. The Labute approximate surface area is 119 Å². The number of rotatable bonds is 0. The number of fused-ring (bicyclic) bond motifs is 2. The van der Waals surface area contributed by atoms with Gasteiger partial charge in [0.15, 0.2) is 0 Å². The van der Waals surface area contributed by atoms with Crippen molar-refractivity contribution in [3.8, 4) is 0 Å². The number of benzene rings is 3. The van der Waals surface area contributed by atoms with Crippen molar-refractivity contribution in [1.82, 2.24) is 0 Å². The zero-order valence-corrected chi connectivity index (χ0v) is 10.1. The fourth-order valence-corrected chi connectivity index (χ4v) is 1.88. The molecule has 0 spiro atoms. The van der Waals surface area contributed by atoms with Gasteiger partial charge in [0, 0.05) is 38.2 Å². The zero-order valence-electron chi connectivity index (χ0n) is 8.09. The van der Waals surface area contributed by atoms with Gasteiger partial charge in [0.1, 0.15) is 0 Å². The summed E-state index contributed by atoms with van der Waals surface area (Å²) in [4.78, 5) is 0. The van der Waals surface area contributed by atoms with Crippen molar-refractivity contribution < 1.29 is 38.2 Å². The standard InChI is InChI=1S/C14H10.Dy/c1-2-6-12-10-14-8-4-3-7-13(14)9-11(12)5-1;/h1-10H;. The van der Waals surface area contributed by atoms with Gasteiger partial charge in [-0.15, -0.1) is 0 Å². The first-order valence-electron chi connectivity index (χ1n) is 4.81. The van der Waals surface area contributed by atoms with Gasteiger partial charge < -0.3 is 0 Å².